The second-order valence-corrected chi connectivity index (χ2v) is 5.99. The second-order valence-electron chi connectivity index (χ2n) is 5.99. The summed E-state index contributed by atoms with van der Waals surface area (Å²) in [5.74, 6) is 1.15. The summed E-state index contributed by atoms with van der Waals surface area (Å²) in [7, 11) is 0. The minimum Gasteiger partial charge on any atom is -0.411 e. The van der Waals surface area contributed by atoms with E-state index in [4.69, 9.17) is 0 Å². The van der Waals surface area contributed by atoms with E-state index < -0.39 is 5.60 Å². The number of nitrogens with zero attached hydrogens (tertiary/aromatic N) is 1. The van der Waals surface area contributed by atoms with Crippen LogP contribution < -0.4 is 0 Å². The maximum Gasteiger partial charge on any atom is 0.131 e. The molecule has 19 heavy (non-hydrogen) atoms. The number of rotatable bonds is 1. The van der Waals surface area contributed by atoms with Crippen molar-refractivity contribution in [2.75, 3.05) is 0 Å². The number of aliphatic hydroxyl groups is 1. The Balaban J connectivity index is 1.95. The molecule has 2 fully saturated rings. The van der Waals surface area contributed by atoms with Gasteiger partial charge in [-0.15, -0.1) is 0 Å². The van der Waals surface area contributed by atoms with Crippen molar-refractivity contribution in [1.82, 2.24) is 0 Å². The monoisotopic (exact) mass is 259 g/mol. The Morgan fingerprint density at radius 3 is 2.42 bits per heavy atom. The average molecular weight is 259 g/mol. The van der Waals surface area contributed by atoms with Gasteiger partial charge in [0.25, 0.3) is 0 Å². The summed E-state index contributed by atoms with van der Waals surface area (Å²) in [6.07, 6.45) is 6.35. The number of hydrogen-bond donors (Lipinski definition) is 2. The fourth-order valence-electron chi connectivity index (χ4n) is 3.86. The Hall–Kier alpha value is -1.35. The van der Waals surface area contributed by atoms with Crippen molar-refractivity contribution in [1.29, 1.82) is 0 Å². The molecular weight excluding hydrogens is 238 g/mol. The van der Waals surface area contributed by atoms with Crippen LogP contribution in [0.3, 0.4) is 0 Å². The lowest BCUT2D eigenvalue weighted by Gasteiger charge is -2.44. The van der Waals surface area contributed by atoms with E-state index in [0.29, 0.717) is 24.0 Å². The first-order valence-electron chi connectivity index (χ1n) is 7.23. The highest BCUT2D eigenvalue weighted by atomic mass is 16.4. The first kappa shape index (κ1) is 12.7. The van der Waals surface area contributed by atoms with Gasteiger partial charge in [-0.1, -0.05) is 54.8 Å². The van der Waals surface area contributed by atoms with Crippen molar-refractivity contribution >= 4 is 5.71 Å². The van der Waals surface area contributed by atoms with E-state index in [1.54, 1.807) is 0 Å². The van der Waals surface area contributed by atoms with E-state index in [1.165, 1.54) is 25.7 Å². The van der Waals surface area contributed by atoms with Crippen molar-refractivity contribution < 1.29 is 10.3 Å². The van der Waals surface area contributed by atoms with Gasteiger partial charge in [-0.3, -0.25) is 0 Å². The smallest absolute Gasteiger partial charge is 0.131 e. The third-order valence-corrected chi connectivity index (χ3v) is 4.93. The Morgan fingerprint density at radius 2 is 1.74 bits per heavy atom. The molecule has 0 bridgehead atoms. The highest BCUT2D eigenvalue weighted by Gasteiger charge is 2.46. The van der Waals surface area contributed by atoms with Crippen LogP contribution in [-0.4, -0.2) is 16.0 Å². The largest absolute Gasteiger partial charge is 0.411 e. The molecule has 0 amide bonds. The van der Waals surface area contributed by atoms with E-state index in [2.05, 4.69) is 5.16 Å². The standard InChI is InChI=1S/C16H21NO2/c18-16(14-8-2-1-3-9-14)11-13-7-5-4-6-12(13)10-15(16)17-19/h1-3,8-9,12-13,18-19H,4-7,10-11H2/b17-15+/t12-,13+,16-/m1/s1. The van der Waals surface area contributed by atoms with Gasteiger partial charge in [-0.05, 0) is 36.7 Å². The van der Waals surface area contributed by atoms with Crippen LogP contribution in [0.4, 0.5) is 0 Å². The minimum absolute atomic E-state index is 0.543. The second kappa shape index (κ2) is 4.97. The molecule has 3 nitrogen and oxygen atoms in total. The number of fused-ring (bicyclic) bond motifs is 1. The third-order valence-electron chi connectivity index (χ3n) is 4.93. The summed E-state index contributed by atoms with van der Waals surface area (Å²) in [6.45, 7) is 0. The fraction of sp³-hybridized carbons (Fsp3) is 0.562. The third kappa shape index (κ3) is 2.16. The molecule has 2 aliphatic rings. The van der Waals surface area contributed by atoms with Crippen LogP contribution in [0, 0.1) is 11.8 Å². The molecule has 3 heteroatoms. The molecule has 3 rings (SSSR count). The normalized spacial score (nSPS) is 37.0. The van der Waals surface area contributed by atoms with Gasteiger partial charge < -0.3 is 10.3 Å². The highest BCUT2D eigenvalue weighted by Crippen LogP contribution is 2.46. The molecule has 0 aliphatic heterocycles. The number of hydrogen-bond acceptors (Lipinski definition) is 3. The van der Waals surface area contributed by atoms with Gasteiger partial charge in [0.1, 0.15) is 5.60 Å². The first-order chi connectivity index (χ1) is 9.24. The minimum atomic E-state index is -1.07. The topological polar surface area (TPSA) is 52.8 Å². The zero-order chi connectivity index (χ0) is 13.3. The van der Waals surface area contributed by atoms with E-state index in [0.717, 1.165) is 12.0 Å². The van der Waals surface area contributed by atoms with E-state index in [-0.39, 0.29) is 0 Å². The average Bonchev–Trinajstić information content (AvgIpc) is 2.47. The van der Waals surface area contributed by atoms with Crippen molar-refractivity contribution in [3.8, 4) is 0 Å². The van der Waals surface area contributed by atoms with Gasteiger partial charge in [-0.25, -0.2) is 0 Å². The maximum atomic E-state index is 11.1. The van der Waals surface area contributed by atoms with Crippen LogP contribution in [0.25, 0.3) is 0 Å². The zero-order valence-electron chi connectivity index (χ0n) is 11.1. The van der Waals surface area contributed by atoms with E-state index >= 15 is 0 Å². The Bertz CT molecular complexity index is 471. The lowest BCUT2D eigenvalue weighted by atomic mass is 9.63. The van der Waals surface area contributed by atoms with Gasteiger partial charge in [-0.2, -0.15) is 0 Å². The van der Waals surface area contributed by atoms with Crippen molar-refractivity contribution in [2.45, 2.75) is 44.1 Å². The van der Waals surface area contributed by atoms with Gasteiger partial charge in [0.15, 0.2) is 0 Å². The van der Waals surface area contributed by atoms with Gasteiger partial charge in [0.05, 0.1) is 5.71 Å². The van der Waals surface area contributed by atoms with Crippen LogP contribution in [0.2, 0.25) is 0 Å². The summed E-state index contributed by atoms with van der Waals surface area (Å²) in [4.78, 5) is 0. The van der Waals surface area contributed by atoms with Crippen LogP contribution in [0.1, 0.15) is 44.1 Å². The highest BCUT2D eigenvalue weighted by molar-refractivity contribution is 5.93. The maximum absolute atomic E-state index is 11.1. The molecule has 0 aromatic heterocycles. The van der Waals surface area contributed by atoms with Crippen LogP contribution in [0.5, 0.6) is 0 Å². The van der Waals surface area contributed by atoms with E-state index in [1.807, 2.05) is 30.3 Å². The molecule has 2 aliphatic carbocycles. The van der Waals surface area contributed by atoms with Gasteiger partial charge >= 0.3 is 0 Å². The lowest BCUT2D eigenvalue weighted by Crippen LogP contribution is -2.46. The predicted molar refractivity (Wildman–Crippen MR) is 74.2 cm³/mol. The Kier molecular flexibility index (Phi) is 3.31. The molecule has 2 saturated carbocycles. The molecule has 102 valence electrons. The SMILES string of the molecule is O/N=C1\C[C@H]2CCCC[C@H]2C[C@@]1(O)c1ccccc1. The Labute approximate surface area is 114 Å². The molecule has 0 radical (unpaired) electrons. The lowest BCUT2D eigenvalue weighted by molar-refractivity contribution is 0.0305. The quantitative estimate of drug-likeness (QED) is 0.600. The molecule has 0 heterocycles. The fourth-order valence-corrected chi connectivity index (χ4v) is 3.86. The molecule has 0 spiro atoms. The first-order valence-corrected chi connectivity index (χ1v) is 7.23. The number of benzene rings is 1. The molecule has 1 aromatic carbocycles. The Morgan fingerprint density at radius 1 is 1.05 bits per heavy atom. The number of oxime groups is 1. The predicted octanol–water partition coefficient (Wildman–Crippen LogP) is 3.30. The van der Waals surface area contributed by atoms with Crippen molar-refractivity contribution in [3.63, 3.8) is 0 Å². The molecule has 3 atom stereocenters. The van der Waals surface area contributed by atoms with Crippen LogP contribution >= 0.6 is 0 Å². The summed E-state index contributed by atoms with van der Waals surface area (Å²) < 4.78 is 0. The molecule has 0 saturated heterocycles. The molecular formula is C16H21NO2. The molecule has 2 N–H and O–H groups in total. The van der Waals surface area contributed by atoms with E-state index in [9.17, 15) is 10.3 Å². The summed E-state index contributed by atoms with van der Waals surface area (Å²) in [5, 5.41) is 23.8. The van der Waals surface area contributed by atoms with Crippen LogP contribution in [0.15, 0.2) is 35.5 Å². The van der Waals surface area contributed by atoms with Crippen molar-refractivity contribution in [3.05, 3.63) is 35.9 Å². The van der Waals surface area contributed by atoms with Crippen LogP contribution in [-0.2, 0) is 5.60 Å². The van der Waals surface area contributed by atoms with Crippen molar-refractivity contribution in [2.24, 2.45) is 17.0 Å². The summed E-state index contributed by atoms with van der Waals surface area (Å²) in [5.41, 5.74) is 0.322. The zero-order valence-corrected chi connectivity index (χ0v) is 11.1. The molecule has 0 unspecified atom stereocenters. The summed E-state index contributed by atoms with van der Waals surface area (Å²) >= 11 is 0. The van der Waals surface area contributed by atoms with Gasteiger partial charge in [0.2, 0.25) is 0 Å². The molecule has 1 aromatic rings. The van der Waals surface area contributed by atoms with Gasteiger partial charge in [0, 0.05) is 0 Å². The summed E-state index contributed by atoms with van der Waals surface area (Å²) in [6, 6.07) is 9.64.